The van der Waals surface area contributed by atoms with Crippen molar-refractivity contribution in [3.8, 4) is 5.75 Å². The van der Waals surface area contributed by atoms with Gasteiger partial charge in [0, 0.05) is 6.07 Å². The fourth-order valence-electron chi connectivity index (χ4n) is 1.23. The van der Waals surface area contributed by atoms with Gasteiger partial charge in [0.1, 0.15) is 5.75 Å². The molecule has 6 heteroatoms. The van der Waals surface area contributed by atoms with Crippen LogP contribution in [0, 0.1) is 0 Å². The van der Waals surface area contributed by atoms with Gasteiger partial charge in [-0.1, -0.05) is 0 Å². The molecule has 0 amide bonds. The molecule has 16 heavy (non-hydrogen) atoms. The van der Waals surface area contributed by atoms with E-state index in [1.54, 1.807) is 6.92 Å². The van der Waals surface area contributed by atoms with Gasteiger partial charge < -0.3 is 15.6 Å². The molecule has 0 heterocycles. The highest BCUT2D eigenvalue weighted by molar-refractivity contribution is 7.91. The molecule has 5 nitrogen and oxygen atoms in total. The molecule has 0 bridgehead atoms. The summed E-state index contributed by atoms with van der Waals surface area (Å²) in [4.78, 5) is 0.110. The fraction of sp³-hybridized carbons (Fsp3) is 0.400. The third-order valence-corrected chi connectivity index (χ3v) is 3.70. The van der Waals surface area contributed by atoms with E-state index in [4.69, 9.17) is 15.6 Å². The number of nitrogens with two attached hydrogens (primary N) is 1. The molecule has 1 aromatic carbocycles. The first-order valence-electron chi connectivity index (χ1n) is 4.87. The van der Waals surface area contributed by atoms with Crippen LogP contribution in [0.4, 0.5) is 5.69 Å². The Balaban J connectivity index is 3.12. The second-order valence-electron chi connectivity index (χ2n) is 3.18. The Labute approximate surface area is 94.8 Å². The number of anilines is 1. The number of hydrogen-bond donors (Lipinski definition) is 2. The molecule has 0 spiro atoms. The summed E-state index contributed by atoms with van der Waals surface area (Å²) >= 11 is 0. The minimum atomic E-state index is -3.45. The molecule has 3 N–H and O–H groups in total. The molecule has 0 fully saturated rings. The first-order chi connectivity index (χ1) is 7.51. The van der Waals surface area contributed by atoms with Crippen LogP contribution in [0.25, 0.3) is 0 Å². The molecule has 0 aromatic heterocycles. The van der Waals surface area contributed by atoms with Crippen molar-refractivity contribution >= 4 is 15.5 Å². The average Bonchev–Trinajstić information content (AvgIpc) is 2.21. The fourth-order valence-corrected chi connectivity index (χ4v) is 2.26. The van der Waals surface area contributed by atoms with E-state index in [1.165, 1.54) is 18.2 Å². The predicted molar refractivity (Wildman–Crippen MR) is 61.2 cm³/mol. The van der Waals surface area contributed by atoms with Crippen LogP contribution in [-0.2, 0) is 9.84 Å². The SMILES string of the molecule is CCOc1cc(S(=O)(=O)CCO)ccc1N. The van der Waals surface area contributed by atoms with Crippen molar-refractivity contribution in [1.29, 1.82) is 0 Å². The number of aliphatic hydroxyl groups is 1. The van der Waals surface area contributed by atoms with Gasteiger partial charge in [0.2, 0.25) is 0 Å². The molecule has 1 aromatic rings. The maximum atomic E-state index is 11.6. The van der Waals surface area contributed by atoms with Crippen molar-refractivity contribution in [3.63, 3.8) is 0 Å². The number of sulfone groups is 1. The van der Waals surface area contributed by atoms with Crippen molar-refractivity contribution < 1.29 is 18.3 Å². The van der Waals surface area contributed by atoms with E-state index in [9.17, 15) is 8.42 Å². The first kappa shape index (κ1) is 12.8. The van der Waals surface area contributed by atoms with Crippen LogP contribution in [0.15, 0.2) is 23.1 Å². The van der Waals surface area contributed by atoms with Gasteiger partial charge >= 0.3 is 0 Å². The van der Waals surface area contributed by atoms with Gasteiger partial charge in [0.25, 0.3) is 0 Å². The highest BCUT2D eigenvalue weighted by Crippen LogP contribution is 2.25. The molecular formula is C10H15NO4S. The first-order valence-corrected chi connectivity index (χ1v) is 6.52. The van der Waals surface area contributed by atoms with Gasteiger partial charge in [0.05, 0.1) is 29.5 Å². The summed E-state index contributed by atoms with van der Waals surface area (Å²) in [7, 11) is -3.45. The quantitative estimate of drug-likeness (QED) is 0.734. The predicted octanol–water partition coefficient (Wildman–Crippen LogP) is 0.434. The second kappa shape index (κ2) is 5.18. The summed E-state index contributed by atoms with van der Waals surface area (Å²) in [6, 6.07) is 4.27. The van der Waals surface area contributed by atoms with Crippen LogP contribution >= 0.6 is 0 Å². The van der Waals surface area contributed by atoms with Gasteiger partial charge in [0.15, 0.2) is 9.84 Å². The molecule has 0 saturated heterocycles. The van der Waals surface area contributed by atoms with Crippen molar-refractivity contribution in [2.45, 2.75) is 11.8 Å². The Kier molecular flexibility index (Phi) is 4.14. The topological polar surface area (TPSA) is 89.6 Å². The molecule has 0 aliphatic heterocycles. The van der Waals surface area contributed by atoms with Gasteiger partial charge in [-0.05, 0) is 19.1 Å². The number of rotatable bonds is 5. The summed E-state index contributed by atoms with van der Waals surface area (Å²) in [6.07, 6.45) is 0. The molecule has 0 radical (unpaired) electrons. The largest absolute Gasteiger partial charge is 0.492 e. The molecule has 1 rings (SSSR count). The van der Waals surface area contributed by atoms with Crippen LogP contribution < -0.4 is 10.5 Å². The molecule has 0 aliphatic rings. The number of aliphatic hydroxyl groups excluding tert-OH is 1. The second-order valence-corrected chi connectivity index (χ2v) is 5.28. The van der Waals surface area contributed by atoms with Crippen LogP contribution in [0.3, 0.4) is 0 Å². The zero-order valence-corrected chi connectivity index (χ0v) is 9.83. The molecule has 0 aliphatic carbocycles. The minimum Gasteiger partial charge on any atom is -0.492 e. The highest BCUT2D eigenvalue weighted by atomic mass is 32.2. The number of benzene rings is 1. The summed E-state index contributed by atoms with van der Waals surface area (Å²) in [5.74, 6) is 0.0455. The third-order valence-electron chi connectivity index (χ3n) is 2.00. The zero-order chi connectivity index (χ0) is 12.2. The summed E-state index contributed by atoms with van der Waals surface area (Å²) in [5, 5.41) is 8.66. The summed E-state index contributed by atoms with van der Waals surface area (Å²) in [6.45, 7) is 1.79. The number of nitrogen functional groups attached to an aromatic ring is 1. The van der Waals surface area contributed by atoms with Crippen LogP contribution in [0.5, 0.6) is 5.75 Å². The average molecular weight is 245 g/mol. The van der Waals surface area contributed by atoms with Crippen molar-refractivity contribution in [3.05, 3.63) is 18.2 Å². The van der Waals surface area contributed by atoms with E-state index >= 15 is 0 Å². The van der Waals surface area contributed by atoms with Gasteiger partial charge in [-0.2, -0.15) is 0 Å². The number of ether oxygens (including phenoxy) is 1. The molecule has 0 saturated carbocycles. The standard InChI is InChI=1S/C10H15NO4S/c1-2-15-10-7-8(3-4-9(10)11)16(13,14)6-5-12/h3-4,7,12H,2,5-6,11H2,1H3. The lowest BCUT2D eigenvalue weighted by molar-refractivity contribution is 0.319. The smallest absolute Gasteiger partial charge is 0.180 e. The van der Waals surface area contributed by atoms with Crippen molar-refractivity contribution in [1.82, 2.24) is 0 Å². The lowest BCUT2D eigenvalue weighted by Crippen LogP contribution is -2.10. The third kappa shape index (κ3) is 2.86. The van der Waals surface area contributed by atoms with Gasteiger partial charge in [-0.3, -0.25) is 0 Å². The Morgan fingerprint density at radius 2 is 2.12 bits per heavy atom. The van der Waals surface area contributed by atoms with Crippen LogP contribution in [0.2, 0.25) is 0 Å². The van der Waals surface area contributed by atoms with E-state index in [0.29, 0.717) is 18.0 Å². The molecule has 90 valence electrons. The van der Waals surface area contributed by atoms with Crippen LogP contribution in [0.1, 0.15) is 6.92 Å². The van der Waals surface area contributed by atoms with Crippen molar-refractivity contribution in [2.24, 2.45) is 0 Å². The van der Waals surface area contributed by atoms with Crippen LogP contribution in [-0.4, -0.2) is 32.5 Å². The van der Waals surface area contributed by atoms with E-state index in [-0.39, 0.29) is 10.6 Å². The maximum absolute atomic E-state index is 11.6. The highest BCUT2D eigenvalue weighted by Gasteiger charge is 2.15. The van der Waals surface area contributed by atoms with E-state index < -0.39 is 16.4 Å². The van der Waals surface area contributed by atoms with E-state index in [2.05, 4.69) is 0 Å². The zero-order valence-electron chi connectivity index (χ0n) is 9.01. The Morgan fingerprint density at radius 3 is 2.69 bits per heavy atom. The van der Waals surface area contributed by atoms with E-state index in [0.717, 1.165) is 0 Å². The summed E-state index contributed by atoms with van der Waals surface area (Å²) in [5.41, 5.74) is 6.02. The van der Waals surface area contributed by atoms with Crippen molar-refractivity contribution in [2.75, 3.05) is 24.7 Å². The number of hydrogen-bond acceptors (Lipinski definition) is 5. The summed E-state index contributed by atoms with van der Waals surface area (Å²) < 4.78 is 28.5. The Bertz CT molecular complexity index is 456. The molecule has 0 atom stereocenters. The normalized spacial score (nSPS) is 11.4. The van der Waals surface area contributed by atoms with E-state index in [1.807, 2.05) is 0 Å². The Morgan fingerprint density at radius 1 is 1.44 bits per heavy atom. The lowest BCUT2D eigenvalue weighted by atomic mass is 10.3. The van der Waals surface area contributed by atoms with Gasteiger partial charge in [-0.25, -0.2) is 8.42 Å². The maximum Gasteiger partial charge on any atom is 0.180 e. The monoisotopic (exact) mass is 245 g/mol. The molecular weight excluding hydrogens is 230 g/mol. The minimum absolute atomic E-state index is 0.110. The molecule has 0 unspecified atom stereocenters. The van der Waals surface area contributed by atoms with Gasteiger partial charge in [-0.15, -0.1) is 0 Å². The lowest BCUT2D eigenvalue weighted by Gasteiger charge is -2.09. The Hall–Kier alpha value is -1.27.